The first-order valence-corrected chi connectivity index (χ1v) is 9.78. The van der Waals surface area contributed by atoms with Crippen LogP contribution in [0, 0.1) is 5.92 Å². The van der Waals surface area contributed by atoms with Crippen LogP contribution in [0.25, 0.3) is 0 Å². The zero-order valence-corrected chi connectivity index (χ0v) is 15.8. The number of hydrogen-bond donors (Lipinski definition) is 2. The van der Waals surface area contributed by atoms with E-state index in [-0.39, 0.29) is 17.7 Å². The van der Waals surface area contributed by atoms with E-state index in [2.05, 4.69) is 10.2 Å². The van der Waals surface area contributed by atoms with Crippen LogP contribution in [0.15, 0.2) is 30.3 Å². The van der Waals surface area contributed by atoms with Crippen molar-refractivity contribution in [1.29, 1.82) is 0 Å². The Balaban J connectivity index is 1.38. The van der Waals surface area contributed by atoms with Gasteiger partial charge in [0.25, 0.3) is 0 Å². The quantitative estimate of drug-likeness (QED) is 0.743. The molecule has 0 bridgehead atoms. The molecule has 3 N–H and O–H groups in total. The van der Waals surface area contributed by atoms with Gasteiger partial charge in [0, 0.05) is 45.9 Å². The molecule has 148 valence electrons. The number of carbonyl (C=O) groups is 2. The topological polar surface area (TPSA) is 87.9 Å². The number of rotatable bonds is 6. The van der Waals surface area contributed by atoms with E-state index >= 15 is 0 Å². The molecule has 2 saturated heterocycles. The summed E-state index contributed by atoms with van der Waals surface area (Å²) in [6.07, 6.45) is 1.71. The van der Waals surface area contributed by atoms with E-state index in [1.165, 1.54) is 0 Å². The fourth-order valence-electron chi connectivity index (χ4n) is 3.67. The third-order valence-corrected chi connectivity index (χ3v) is 5.44. The van der Waals surface area contributed by atoms with Gasteiger partial charge in [0.1, 0.15) is 0 Å². The number of hydrogen-bond acceptors (Lipinski definition) is 5. The van der Waals surface area contributed by atoms with E-state index in [1.807, 2.05) is 35.2 Å². The second-order valence-electron chi connectivity index (χ2n) is 7.34. The van der Waals surface area contributed by atoms with E-state index in [1.54, 1.807) is 0 Å². The number of ether oxygens (including phenoxy) is 1. The minimum Gasteiger partial charge on any atom is -0.381 e. The molecule has 0 saturated carbocycles. The fourth-order valence-corrected chi connectivity index (χ4v) is 3.67. The summed E-state index contributed by atoms with van der Waals surface area (Å²) in [4.78, 5) is 28.7. The molecule has 2 aliphatic heterocycles. The van der Waals surface area contributed by atoms with Crippen LogP contribution >= 0.6 is 0 Å². The van der Waals surface area contributed by atoms with E-state index in [4.69, 9.17) is 10.5 Å². The van der Waals surface area contributed by atoms with E-state index in [9.17, 15) is 9.59 Å². The van der Waals surface area contributed by atoms with Crippen molar-refractivity contribution in [3.8, 4) is 0 Å². The van der Waals surface area contributed by atoms with Crippen molar-refractivity contribution in [2.24, 2.45) is 11.7 Å². The highest BCUT2D eigenvalue weighted by Crippen LogP contribution is 2.19. The van der Waals surface area contributed by atoms with Crippen molar-refractivity contribution in [2.75, 3.05) is 45.9 Å². The molecule has 7 nitrogen and oxygen atoms in total. The molecule has 7 heteroatoms. The van der Waals surface area contributed by atoms with Crippen molar-refractivity contribution in [3.63, 3.8) is 0 Å². The fraction of sp³-hybridized carbons (Fsp3) is 0.600. The number of nitrogens with one attached hydrogen (secondary N) is 1. The predicted octanol–water partition coefficient (Wildman–Crippen LogP) is 0.201. The summed E-state index contributed by atoms with van der Waals surface area (Å²) in [7, 11) is 0. The molecule has 0 radical (unpaired) electrons. The molecular formula is C20H30N4O3. The van der Waals surface area contributed by atoms with Crippen LogP contribution < -0.4 is 11.1 Å². The molecule has 0 aliphatic carbocycles. The highest BCUT2D eigenvalue weighted by molar-refractivity contribution is 5.82. The van der Waals surface area contributed by atoms with Crippen molar-refractivity contribution in [2.45, 2.75) is 25.4 Å². The molecule has 0 aromatic heterocycles. The minimum absolute atomic E-state index is 0.0116. The lowest BCUT2D eigenvalue weighted by Gasteiger charge is -2.37. The second kappa shape index (κ2) is 9.82. The highest BCUT2D eigenvalue weighted by Gasteiger charge is 2.31. The summed E-state index contributed by atoms with van der Waals surface area (Å²) in [5, 5.41) is 2.95. The molecule has 1 unspecified atom stereocenters. The molecule has 1 aromatic carbocycles. The number of nitrogens with zero attached hydrogens (tertiary/aromatic N) is 2. The van der Waals surface area contributed by atoms with E-state index in [0.717, 1.165) is 18.4 Å². The number of nitrogens with two attached hydrogens (primary N) is 1. The summed E-state index contributed by atoms with van der Waals surface area (Å²) in [6, 6.07) is 9.43. The maximum atomic E-state index is 12.6. The third kappa shape index (κ3) is 5.76. The summed E-state index contributed by atoms with van der Waals surface area (Å²) in [6.45, 7) is 4.94. The van der Waals surface area contributed by atoms with Crippen LogP contribution in [-0.4, -0.2) is 73.6 Å². The Kier molecular flexibility index (Phi) is 7.20. The van der Waals surface area contributed by atoms with Gasteiger partial charge in [-0.25, -0.2) is 0 Å². The molecule has 2 heterocycles. The number of benzene rings is 1. The van der Waals surface area contributed by atoms with Crippen LogP contribution in [-0.2, 0) is 20.9 Å². The van der Waals surface area contributed by atoms with Crippen LogP contribution in [0.2, 0.25) is 0 Å². The lowest BCUT2D eigenvalue weighted by Crippen LogP contribution is -2.56. The first-order chi connectivity index (χ1) is 13.1. The SMILES string of the molecule is NC(C(=O)N1CCN(CC(=O)NCc2ccccc2)CC1)C1CCOCC1. The molecule has 2 aliphatic rings. The molecule has 2 amide bonds. The third-order valence-electron chi connectivity index (χ3n) is 5.44. The lowest BCUT2D eigenvalue weighted by atomic mass is 9.91. The maximum absolute atomic E-state index is 12.6. The smallest absolute Gasteiger partial charge is 0.239 e. The largest absolute Gasteiger partial charge is 0.381 e. The summed E-state index contributed by atoms with van der Waals surface area (Å²) < 4.78 is 5.35. The molecular weight excluding hydrogens is 344 g/mol. The standard InChI is InChI=1S/C20H30N4O3/c21-19(17-6-12-27-13-7-17)20(26)24-10-8-23(9-11-24)15-18(25)22-14-16-4-2-1-3-5-16/h1-5,17,19H,6-15,21H2,(H,22,25). The Morgan fingerprint density at radius 3 is 2.44 bits per heavy atom. The van der Waals surface area contributed by atoms with Crippen LogP contribution in [0.3, 0.4) is 0 Å². The van der Waals surface area contributed by atoms with Crippen LogP contribution in [0.1, 0.15) is 18.4 Å². The summed E-state index contributed by atoms with van der Waals surface area (Å²) in [5.41, 5.74) is 7.29. The second-order valence-corrected chi connectivity index (χ2v) is 7.34. The molecule has 2 fully saturated rings. The monoisotopic (exact) mass is 374 g/mol. The molecule has 27 heavy (non-hydrogen) atoms. The zero-order valence-electron chi connectivity index (χ0n) is 15.8. The van der Waals surface area contributed by atoms with Crippen LogP contribution in [0.4, 0.5) is 0 Å². The van der Waals surface area contributed by atoms with Gasteiger partial charge in [-0.2, -0.15) is 0 Å². The number of amides is 2. The number of carbonyl (C=O) groups excluding carboxylic acids is 2. The van der Waals surface area contributed by atoms with Crippen molar-refractivity contribution < 1.29 is 14.3 Å². The Morgan fingerprint density at radius 2 is 1.78 bits per heavy atom. The predicted molar refractivity (Wildman–Crippen MR) is 103 cm³/mol. The van der Waals surface area contributed by atoms with Crippen molar-refractivity contribution in [3.05, 3.63) is 35.9 Å². The zero-order chi connectivity index (χ0) is 19.1. The maximum Gasteiger partial charge on any atom is 0.239 e. The average Bonchev–Trinajstić information content (AvgIpc) is 2.73. The Bertz CT molecular complexity index is 611. The van der Waals surface area contributed by atoms with Crippen LogP contribution in [0.5, 0.6) is 0 Å². The van der Waals surface area contributed by atoms with Gasteiger partial charge in [-0.1, -0.05) is 30.3 Å². The Hall–Kier alpha value is -1.96. The normalized spacial score (nSPS) is 20.3. The summed E-state index contributed by atoms with van der Waals surface area (Å²) in [5.74, 6) is 0.264. The van der Waals surface area contributed by atoms with Gasteiger partial charge >= 0.3 is 0 Å². The molecule has 1 aromatic rings. The van der Waals surface area contributed by atoms with E-state index < -0.39 is 6.04 Å². The Morgan fingerprint density at radius 1 is 1.11 bits per heavy atom. The average molecular weight is 374 g/mol. The van der Waals surface area contributed by atoms with Gasteiger partial charge in [0.15, 0.2) is 0 Å². The van der Waals surface area contributed by atoms with Gasteiger partial charge in [0.05, 0.1) is 12.6 Å². The van der Waals surface area contributed by atoms with Crippen molar-refractivity contribution >= 4 is 11.8 Å². The van der Waals surface area contributed by atoms with Gasteiger partial charge in [-0.3, -0.25) is 14.5 Å². The van der Waals surface area contributed by atoms with Gasteiger partial charge in [-0.15, -0.1) is 0 Å². The van der Waals surface area contributed by atoms with Gasteiger partial charge in [-0.05, 0) is 24.3 Å². The van der Waals surface area contributed by atoms with Gasteiger partial charge in [0.2, 0.25) is 11.8 Å². The molecule has 0 spiro atoms. The first-order valence-electron chi connectivity index (χ1n) is 9.78. The summed E-state index contributed by atoms with van der Waals surface area (Å²) >= 11 is 0. The minimum atomic E-state index is -0.436. The number of piperazine rings is 1. The lowest BCUT2D eigenvalue weighted by molar-refractivity contribution is -0.136. The first kappa shape index (κ1) is 19.8. The van der Waals surface area contributed by atoms with Crippen molar-refractivity contribution in [1.82, 2.24) is 15.1 Å². The Labute approximate surface area is 160 Å². The van der Waals surface area contributed by atoms with E-state index in [0.29, 0.717) is 52.5 Å². The molecule has 3 rings (SSSR count). The highest BCUT2D eigenvalue weighted by atomic mass is 16.5. The van der Waals surface area contributed by atoms with Gasteiger partial charge < -0.3 is 20.7 Å². The molecule has 1 atom stereocenters.